The van der Waals surface area contributed by atoms with E-state index in [1.165, 1.54) is 0 Å². The first-order valence-electron chi connectivity index (χ1n) is 11.4. The first-order chi connectivity index (χ1) is 16.3. The molecule has 0 aliphatic heterocycles. The van der Waals surface area contributed by atoms with Crippen molar-refractivity contribution in [3.8, 4) is 0 Å². The van der Waals surface area contributed by atoms with E-state index in [4.69, 9.17) is 34.4 Å². The van der Waals surface area contributed by atoms with E-state index in [9.17, 15) is 19.2 Å². The molecule has 0 saturated carbocycles. The monoisotopic (exact) mass is 499 g/mol. The summed E-state index contributed by atoms with van der Waals surface area (Å²) < 4.78 is 0. The molecule has 15 heteroatoms. The van der Waals surface area contributed by atoms with Crippen molar-refractivity contribution < 1.29 is 19.2 Å². The van der Waals surface area contributed by atoms with Gasteiger partial charge in [-0.3, -0.25) is 29.2 Å². The lowest BCUT2D eigenvalue weighted by Crippen LogP contribution is -2.54. The first kappa shape index (κ1) is 31.4. The van der Waals surface area contributed by atoms with Gasteiger partial charge in [0, 0.05) is 13.1 Å². The normalized spacial score (nSPS) is 13.1. The predicted octanol–water partition coefficient (Wildman–Crippen LogP) is -3.96. The zero-order chi connectivity index (χ0) is 27.0. The number of primary amides is 1. The fraction of sp³-hybridized carbons (Fsp3) is 0.700. The van der Waals surface area contributed by atoms with E-state index in [1.54, 1.807) is 0 Å². The molecule has 15 nitrogen and oxygen atoms in total. The van der Waals surface area contributed by atoms with Crippen LogP contribution in [0.3, 0.4) is 0 Å². The van der Waals surface area contributed by atoms with E-state index in [-0.39, 0.29) is 37.2 Å². The second-order valence-corrected chi connectivity index (χ2v) is 8.44. The molecule has 0 saturated heterocycles. The van der Waals surface area contributed by atoms with Gasteiger partial charge in [0.05, 0.1) is 12.6 Å². The molecular formula is C20H41N11O4. The molecule has 35 heavy (non-hydrogen) atoms. The van der Waals surface area contributed by atoms with Gasteiger partial charge in [-0.05, 0) is 38.0 Å². The SMILES string of the molecule is CC(C)C[C@H](NC(=O)CNC(=O)[C@H](CCCN=C(N)N)NC(=O)[C@@H](N)CCCN=C(N)N)C(N)=O. The lowest BCUT2D eigenvalue weighted by atomic mass is 10.0. The molecule has 0 aliphatic rings. The van der Waals surface area contributed by atoms with Gasteiger partial charge in [0.25, 0.3) is 0 Å². The minimum atomic E-state index is -0.990. The number of carbonyl (C=O) groups excluding carboxylic acids is 4. The summed E-state index contributed by atoms with van der Waals surface area (Å²) in [4.78, 5) is 56.6. The number of rotatable bonds is 17. The molecule has 0 heterocycles. The Balaban J connectivity index is 4.99. The van der Waals surface area contributed by atoms with Crippen LogP contribution in [-0.2, 0) is 19.2 Å². The van der Waals surface area contributed by atoms with Crippen LogP contribution in [0, 0.1) is 5.92 Å². The maximum absolute atomic E-state index is 12.7. The van der Waals surface area contributed by atoms with E-state index < -0.39 is 48.3 Å². The van der Waals surface area contributed by atoms with Crippen molar-refractivity contribution in [3.63, 3.8) is 0 Å². The van der Waals surface area contributed by atoms with E-state index in [1.807, 2.05) is 13.8 Å². The Kier molecular flexibility index (Phi) is 15.2. The van der Waals surface area contributed by atoms with Crippen LogP contribution in [0.4, 0.5) is 0 Å². The summed E-state index contributed by atoms with van der Waals surface area (Å²) in [5, 5.41) is 7.53. The highest BCUT2D eigenvalue weighted by molar-refractivity contribution is 5.93. The summed E-state index contributed by atoms with van der Waals surface area (Å²) in [5.74, 6) is -2.45. The minimum absolute atomic E-state index is 0.0593. The second kappa shape index (κ2) is 16.9. The van der Waals surface area contributed by atoms with Crippen LogP contribution in [0.1, 0.15) is 46.0 Å². The zero-order valence-corrected chi connectivity index (χ0v) is 20.5. The van der Waals surface area contributed by atoms with Crippen LogP contribution in [0.5, 0.6) is 0 Å². The highest BCUT2D eigenvalue weighted by Crippen LogP contribution is 2.04. The minimum Gasteiger partial charge on any atom is -0.370 e. The van der Waals surface area contributed by atoms with Crippen LogP contribution in [0.25, 0.3) is 0 Å². The fourth-order valence-electron chi connectivity index (χ4n) is 2.96. The Morgan fingerprint density at radius 1 is 0.771 bits per heavy atom. The number of nitrogens with zero attached hydrogens (tertiary/aromatic N) is 2. The summed E-state index contributed by atoms with van der Waals surface area (Å²) in [6, 6.07) is -2.74. The van der Waals surface area contributed by atoms with E-state index in [0.29, 0.717) is 25.8 Å². The van der Waals surface area contributed by atoms with Gasteiger partial charge >= 0.3 is 0 Å². The van der Waals surface area contributed by atoms with Crippen molar-refractivity contribution in [2.45, 2.75) is 64.1 Å². The summed E-state index contributed by atoms with van der Waals surface area (Å²) in [5.41, 5.74) is 32.3. The van der Waals surface area contributed by atoms with Gasteiger partial charge in [0.2, 0.25) is 23.6 Å². The molecule has 0 rings (SSSR count). The Morgan fingerprint density at radius 3 is 1.80 bits per heavy atom. The number of hydrogen-bond donors (Lipinski definition) is 9. The van der Waals surface area contributed by atoms with Gasteiger partial charge in [-0.2, -0.15) is 0 Å². The molecule has 0 aliphatic carbocycles. The Bertz CT molecular complexity index is 762. The van der Waals surface area contributed by atoms with Crippen LogP contribution in [0.2, 0.25) is 0 Å². The van der Waals surface area contributed by atoms with Gasteiger partial charge in [-0.25, -0.2) is 0 Å². The molecule has 0 spiro atoms. The predicted molar refractivity (Wildman–Crippen MR) is 133 cm³/mol. The number of aliphatic imine (C=N–C) groups is 2. The molecule has 0 unspecified atom stereocenters. The quantitative estimate of drug-likeness (QED) is 0.0535. The van der Waals surface area contributed by atoms with Gasteiger partial charge < -0.3 is 50.4 Å². The van der Waals surface area contributed by atoms with Crippen molar-refractivity contribution >= 4 is 35.5 Å². The molecule has 4 amide bonds. The van der Waals surface area contributed by atoms with Crippen molar-refractivity contribution in [1.29, 1.82) is 0 Å². The van der Waals surface area contributed by atoms with Crippen LogP contribution >= 0.6 is 0 Å². The number of amides is 4. The third kappa shape index (κ3) is 15.8. The van der Waals surface area contributed by atoms with Crippen LogP contribution in [0.15, 0.2) is 9.98 Å². The van der Waals surface area contributed by atoms with Crippen molar-refractivity contribution in [2.24, 2.45) is 50.3 Å². The average Bonchev–Trinajstić information content (AvgIpc) is 2.75. The van der Waals surface area contributed by atoms with Crippen LogP contribution < -0.4 is 50.4 Å². The molecule has 0 bridgehead atoms. The molecule has 0 aromatic carbocycles. The molecular weight excluding hydrogens is 458 g/mol. The van der Waals surface area contributed by atoms with Crippen molar-refractivity contribution in [3.05, 3.63) is 0 Å². The Hall–Kier alpha value is -3.62. The first-order valence-corrected chi connectivity index (χ1v) is 11.4. The van der Waals surface area contributed by atoms with Crippen LogP contribution in [-0.4, -0.2) is 73.3 Å². The zero-order valence-electron chi connectivity index (χ0n) is 20.5. The summed E-state index contributed by atoms with van der Waals surface area (Å²) in [6.45, 7) is 3.90. The number of nitrogens with two attached hydrogens (primary N) is 6. The molecule has 3 atom stereocenters. The van der Waals surface area contributed by atoms with E-state index in [2.05, 4.69) is 25.9 Å². The lowest BCUT2D eigenvalue weighted by molar-refractivity contribution is -0.131. The van der Waals surface area contributed by atoms with E-state index in [0.717, 1.165) is 0 Å². The maximum Gasteiger partial charge on any atom is 0.243 e. The fourth-order valence-corrected chi connectivity index (χ4v) is 2.96. The number of guanidine groups is 2. The summed E-state index contributed by atoms with van der Waals surface area (Å²) in [7, 11) is 0. The third-order valence-electron chi connectivity index (χ3n) is 4.69. The molecule has 0 fully saturated rings. The van der Waals surface area contributed by atoms with Gasteiger partial charge in [-0.15, -0.1) is 0 Å². The number of carbonyl (C=O) groups is 4. The topological polar surface area (TPSA) is 285 Å². The van der Waals surface area contributed by atoms with Crippen molar-refractivity contribution in [1.82, 2.24) is 16.0 Å². The van der Waals surface area contributed by atoms with Gasteiger partial charge in [0.1, 0.15) is 12.1 Å². The highest BCUT2D eigenvalue weighted by Gasteiger charge is 2.25. The Labute approximate surface area is 205 Å². The second-order valence-electron chi connectivity index (χ2n) is 8.44. The van der Waals surface area contributed by atoms with E-state index >= 15 is 0 Å². The largest absolute Gasteiger partial charge is 0.370 e. The molecule has 0 aromatic heterocycles. The van der Waals surface area contributed by atoms with Crippen molar-refractivity contribution in [2.75, 3.05) is 19.6 Å². The van der Waals surface area contributed by atoms with Gasteiger partial charge in [-0.1, -0.05) is 13.8 Å². The molecule has 200 valence electrons. The summed E-state index contributed by atoms with van der Waals surface area (Å²) in [6.07, 6.45) is 1.68. The maximum atomic E-state index is 12.7. The molecule has 15 N–H and O–H groups in total. The standard InChI is InChI=1S/C20H41N11O4/c1-11(2)9-14(16(22)33)30-15(32)10-29-18(35)13(6-4-8-28-20(25)26)31-17(34)12(21)5-3-7-27-19(23)24/h11-14H,3-10,21H2,1-2H3,(H2,22,33)(H,29,35)(H,30,32)(H,31,34)(H4,23,24,27)(H4,25,26,28)/t12-,13-,14-/m0/s1. The summed E-state index contributed by atoms with van der Waals surface area (Å²) >= 11 is 0. The number of hydrogen-bond acceptors (Lipinski definition) is 7. The van der Waals surface area contributed by atoms with Gasteiger partial charge in [0.15, 0.2) is 11.9 Å². The lowest BCUT2D eigenvalue weighted by Gasteiger charge is -2.21. The smallest absolute Gasteiger partial charge is 0.243 e. The third-order valence-corrected chi connectivity index (χ3v) is 4.69. The molecule has 0 radical (unpaired) electrons. The Morgan fingerprint density at radius 2 is 1.31 bits per heavy atom. The number of nitrogens with one attached hydrogen (secondary N) is 3. The average molecular weight is 500 g/mol. The highest BCUT2D eigenvalue weighted by atomic mass is 16.2. The molecule has 0 aromatic rings.